The maximum atomic E-state index is 10.6. The third kappa shape index (κ3) is 1.21. The molecule has 0 aromatic heterocycles. The van der Waals surface area contributed by atoms with E-state index in [1.807, 2.05) is 0 Å². The van der Waals surface area contributed by atoms with Crippen LogP contribution in [0.25, 0.3) is 0 Å². The van der Waals surface area contributed by atoms with E-state index in [1.165, 1.54) is 6.42 Å². The van der Waals surface area contributed by atoms with Crippen molar-refractivity contribution in [3.8, 4) is 0 Å². The summed E-state index contributed by atoms with van der Waals surface area (Å²) in [6, 6.07) is 1.34. The van der Waals surface area contributed by atoms with Gasteiger partial charge in [-0.2, -0.15) is 0 Å². The molecule has 2 unspecified atom stereocenters. The molecule has 0 aromatic carbocycles. The van der Waals surface area contributed by atoms with Gasteiger partial charge < -0.3 is 5.73 Å². The number of hydrogen-bond acceptors (Lipinski definition) is 3. The Kier molecular flexibility index (Phi) is 1.81. The summed E-state index contributed by atoms with van der Waals surface area (Å²) in [4.78, 5) is 15.2. The average Bonchev–Trinajstić information content (AvgIpc) is 2.02. The van der Waals surface area contributed by atoms with E-state index in [2.05, 4.69) is 16.8 Å². The quantitative estimate of drug-likeness (QED) is 0.568. The van der Waals surface area contributed by atoms with Gasteiger partial charge in [-0.05, 0) is 13.5 Å². The number of hydrogen-bond donors (Lipinski definition) is 1. The molecule has 4 heteroatoms. The number of likely N-dealkylation sites (N-methyl/N-ethyl adjacent to an activating group) is 1. The lowest BCUT2D eigenvalue weighted by atomic mass is 9.88. The zero-order chi connectivity index (χ0) is 8.72. The molecule has 1 amide bonds. The van der Waals surface area contributed by atoms with Crippen LogP contribution in [0.5, 0.6) is 0 Å². The summed E-state index contributed by atoms with van der Waals surface area (Å²) in [7, 11) is 2.15. The molecule has 0 aromatic rings. The molecule has 0 radical (unpaired) electrons. The molecule has 12 heavy (non-hydrogen) atoms. The van der Waals surface area contributed by atoms with E-state index in [1.54, 1.807) is 0 Å². The summed E-state index contributed by atoms with van der Waals surface area (Å²) in [5, 5.41) is 0. The lowest BCUT2D eigenvalue weighted by molar-refractivity contribution is -0.122. The van der Waals surface area contributed by atoms with Crippen molar-refractivity contribution in [1.29, 1.82) is 0 Å². The molecule has 2 bridgehead atoms. The fraction of sp³-hybridized carbons (Fsp3) is 0.875. The molecule has 3 fully saturated rings. The molecule has 3 rings (SSSR count). The van der Waals surface area contributed by atoms with Crippen LogP contribution in [0.2, 0.25) is 0 Å². The minimum Gasteiger partial charge on any atom is -0.369 e. The molecule has 0 saturated carbocycles. The molecular formula is C8H15N3O. The van der Waals surface area contributed by atoms with Crippen LogP contribution in [0.4, 0.5) is 0 Å². The molecular weight excluding hydrogens is 154 g/mol. The molecule has 3 saturated heterocycles. The van der Waals surface area contributed by atoms with Crippen LogP contribution >= 0.6 is 0 Å². The van der Waals surface area contributed by atoms with Crippen LogP contribution in [-0.4, -0.2) is 54.5 Å². The number of carbonyl (C=O) groups excluding carboxylic acids is 1. The van der Waals surface area contributed by atoms with Gasteiger partial charge in [-0.25, -0.2) is 0 Å². The number of piperazine rings is 1. The molecule has 4 nitrogen and oxygen atoms in total. The van der Waals surface area contributed by atoms with Gasteiger partial charge in [-0.15, -0.1) is 0 Å². The van der Waals surface area contributed by atoms with Gasteiger partial charge in [0.05, 0.1) is 6.54 Å². The van der Waals surface area contributed by atoms with E-state index in [0.29, 0.717) is 18.6 Å². The van der Waals surface area contributed by atoms with Gasteiger partial charge in [0.2, 0.25) is 5.91 Å². The third-order valence-electron chi connectivity index (χ3n) is 3.01. The highest BCUT2D eigenvalue weighted by atomic mass is 16.1. The van der Waals surface area contributed by atoms with Gasteiger partial charge >= 0.3 is 0 Å². The summed E-state index contributed by atoms with van der Waals surface area (Å²) in [5.41, 5.74) is 5.12. The Balaban J connectivity index is 1.86. The average molecular weight is 169 g/mol. The maximum Gasteiger partial charge on any atom is 0.231 e. The largest absolute Gasteiger partial charge is 0.369 e. The van der Waals surface area contributed by atoms with Crippen molar-refractivity contribution in [1.82, 2.24) is 9.80 Å². The standard InChI is InChI=1S/C8H15N3O/c1-10-6-2-7(10)4-11(3-6)5-8(9)12/h6-7H,2-5H2,1H3,(H2,9,12). The van der Waals surface area contributed by atoms with Crippen molar-refractivity contribution in [2.75, 3.05) is 26.7 Å². The molecule has 0 spiro atoms. The molecule has 68 valence electrons. The second-order valence-corrected chi connectivity index (χ2v) is 3.87. The van der Waals surface area contributed by atoms with Crippen LogP contribution in [0.3, 0.4) is 0 Å². The predicted octanol–water partition coefficient (Wildman–Crippen LogP) is -1.14. The number of fused-ring (bicyclic) bond motifs is 2. The first-order valence-corrected chi connectivity index (χ1v) is 4.39. The van der Waals surface area contributed by atoms with E-state index >= 15 is 0 Å². The highest BCUT2D eigenvalue weighted by Gasteiger charge is 2.41. The van der Waals surface area contributed by atoms with Crippen LogP contribution in [-0.2, 0) is 4.79 Å². The smallest absolute Gasteiger partial charge is 0.231 e. The monoisotopic (exact) mass is 169 g/mol. The van der Waals surface area contributed by atoms with Crippen LogP contribution in [0.1, 0.15) is 6.42 Å². The molecule has 2 N–H and O–H groups in total. The molecule has 0 aliphatic carbocycles. The molecule has 3 aliphatic rings. The number of piperidine rings is 1. The number of amides is 1. The van der Waals surface area contributed by atoms with E-state index < -0.39 is 0 Å². The van der Waals surface area contributed by atoms with E-state index in [-0.39, 0.29) is 5.91 Å². The van der Waals surface area contributed by atoms with Crippen molar-refractivity contribution in [2.24, 2.45) is 5.73 Å². The van der Waals surface area contributed by atoms with Crippen molar-refractivity contribution >= 4 is 5.91 Å². The van der Waals surface area contributed by atoms with Gasteiger partial charge in [0.15, 0.2) is 0 Å². The normalized spacial score (nSPS) is 36.1. The summed E-state index contributed by atoms with van der Waals surface area (Å²) >= 11 is 0. The second kappa shape index (κ2) is 2.71. The predicted molar refractivity (Wildman–Crippen MR) is 45.6 cm³/mol. The van der Waals surface area contributed by atoms with Crippen molar-refractivity contribution < 1.29 is 4.79 Å². The summed E-state index contributed by atoms with van der Waals surface area (Å²) < 4.78 is 0. The Bertz CT molecular complexity index is 194. The third-order valence-corrected chi connectivity index (χ3v) is 3.01. The number of nitrogens with two attached hydrogens (primary N) is 1. The zero-order valence-corrected chi connectivity index (χ0v) is 7.36. The van der Waals surface area contributed by atoms with Crippen molar-refractivity contribution in [2.45, 2.75) is 18.5 Å². The van der Waals surface area contributed by atoms with E-state index in [0.717, 1.165) is 13.1 Å². The summed E-state index contributed by atoms with van der Waals surface area (Å²) in [6.07, 6.45) is 1.30. The summed E-state index contributed by atoms with van der Waals surface area (Å²) in [6.45, 7) is 2.45. The Morgan fingerprint density at radius 1 is 1.50 bits per heavy atom. The lowest BCUT2D eigenvalue weighted by Gasteiger charge is -2.54. The molecule has 2 atom stereocenters. The highest BCUT2D eigenvalue weighted by Crippen LogP contribution is 2.29. The molecule has 3 heterocycles. The highest BCUT2D eigenvalue weighted by molar-refractivity contribution is 5.75. The first-order valence-electron chi connectivity index (χ1n) is 4.39. The van der Waals surface area contributed by atoms with E-state index in [4.69, 9.17) is 5.73 Å². The fourth-order valence-electron chi connectivity index (χ4n) is 2.23. The van der Waals surface area contributed by atoms with Gasteiger partial charge in [-0.1, -0.05) is 0 Å². The number of rotatable bonds is 2. The first kappa shape index (κ1) is 8.01. The van der Waals surface area contributed by atoms with Crippen LogP contribution in [0, 0.1) is 0 Å². The van der Waals surface area contributed by atoms with Crippen molar-refractivity contribution in [3.05, 3.63) is 0 Å². The number of carbonyl (C=O) groups is 1. The minimum atomic E-state index is -0.209. The van der Waals surface area contributed by atoms with Crippen LogP contribution < -0.4 is 5.73 Å². The minimum absolute atomic E-state index is 0.209. The van der Waals surface area contributed by atoms with Gasteiger partial charge in [0.1, 0.15) is 0 Å². The van der Waals surface area contributed by atoms with E-state index in [9.17, 15) is 4.79 Å². The second-order valence-electron chi connectivity index (χ2n) is 3.87. The Morgan fingerprint density at radius 2 is 2.08 bits per heavy atom. The van der Waals surface area contributed by atoms with Gasteiger partial charge in [0, 0.05) is 25.2 Å². The van der Waals surface area contributed by atoms with Gasteiger partial charge in [-0.3, -0.25) is 14.6 Å². The fourth-order valence-corrected chi connectivity index (χ4v) is 2.23. The Labute approximate surface area is 72.3 Å². The topological polar surface area (TPSA) is 49.6 Å². The first-order chi connectivity index (χ1) is 5.66. The zero-order valence-electron chi connectivity index (χ0n) is 7.36. The maximum absolute atomic E-state index is 10.6. The Hall–Kier alpha value is -0.610. The molecule has 3 aliphatic heterocycles. The van der Waals surface area contributed by atoms with Crippen molar-refractivity contribution in [3.63, 3.8) is 0 Å². The van der Waals surface area contributed by atoms with Gasteiger partial charge in [0.25, 0.3) is 0 Å². The Morgan fingerprint density at radius 3 is 2.50 bits per heavy atom. The summed E-state index contributed by atoms with van der Waals surface area (Å²) in [5.74, 6) is -0.209. The van der Waals surface area contributed by atoms with Crippen LogP contribution in [0.15, 0.2) is 0 Å². The number of primary amides is 1. The SMILES string of the molecule is CN1C2CC1CN(CC(N)=O)C2. The lowest BCUT2D eigenvalue weighted by Crippen LogP contribution is -2.67. The number of nitrogens with zero attached hydrogens (tertiary/aromatic N) is 2.